The highest BCUT2D eigenvalue weighted by Gasteiger charge is 2.30. The zero-order valence-electron chi connectivity index (χ0n) is 8.46. The van der Waals surface area contributed by atoms with E-state index in [0.29, 0.717) is 6.54 Å². The minimum Gasteiger partial charge on any atom is -0.349 e. The van der Waals surface area contributed by atoms with Gasteiger partial charge in [0, 0.05) is 12.8 Å². The first-order valence-corrected chi connectivity index (χ1v) is 6.56. The quantitative estimate of drug-likeness (QED) is 0.633. The molecule has 0 bridgehead atoms. The molecule has 0 spiro atoms. The van der Waals surface area contributed by atoms with Gasteiger partial charge in [0.15, 0.2) is 9.84 Å². The molecule has 6 heteroatoms. The largest absolute Gasteiger partial charge is 0.349 e. The summed E-state index contributed by atoms with van der Waals surface area (Å²) in [7, 11) is -3.22. The predicted octanol–water partition coefficient (Wildman–Crippen LogP) is -1.10. The van der Waals surface area contributed by atoms with E-state index in [9.17, 15) is 13.2 Å². The number of hydrogen-bond acceptors (Lipinski definition) is 4. The maximum absolute atomic E-state index is 11.3. The molecule has 1 amide bonds. The average molecular weight is 220 g/mol. The number of sulfone groups is 1. The molecule has 0 radical (unpaired) electrons. The molecule has 1 atom stereocenters. The van der Waals surface area contributed by atoms with Crippen LogP contribution in [-0.2, 0) is 14.6 Å². The summed E-state index contributed by atoms with van der Waals surface area (Å²) in [4.78, 5) is 11.3. The van der Waals surface area contributed by atoms with Gasteiger partial charge in [-0.05, 0) is 19.9 Å². The highest BCUT2D eigenvalue weighted by molar-refractivity contribution is 7.91. The van der Waals surface area contributed by atoms with Crippen molar-refractivity contribution in [2.24, 2.45) is 0 Å². The van der Waals surface area contributed by atoms with Gasteiger partial charge in [0.25, 0.3) is 0 Å². The third-order valence-electron chi connectivity index (χ3n) is 2.20. The van der Waals surface area contributed by atoms with Gasteiger partial charge in [-0.2, -0.15) is 0 Å². The normalized spacial score (nSPS) is 27.6. The fourth-order valence-electron chi connectivity index (χ4n) is 1.53. The molecule has 0 aliphatic carbocycles. The Kier molecular flexibility index (Phi) is 3.16. The van der Waals surface area contributed by atoms with Crippen LogP contribution in [0, 0.1) is 0 Å². The Morgan fingerprint density at radius 1 is 1.57 bits per heavy atom. The number of carbonyl (C=O) groups excluding carboxylic acids is 1. The van der Waals surface area contributed by atoms with Crippen molar-refractivity contribution in [3.8, 4) is 0 Å². The monoisotopic (exact) mass is 220 g/mol. The van der Waals surface area contributed by atoms with Crippen LogP contribution in [0.5, 0.6) is 0 Å². The molecule has 5 nitrogen and oxygen atoms in total. The summed E-state index contributed by atoms with van der Waals surface area (Å²) in [5.41, 5.74) is -0.290. The summed E-state index contributed by atoms with van der Waals surface area (Å²) in [6.07, 6.45) is 1.89. The Morgan fingerprint density at radius 2 is 2.21 bits per heavy atom. The van der Waals surface area contributed by atoms with Gasteiger partial charge < -0.3 is 10.6 Å². The molecule has 1 rings (SSSR count). The molecule has 0 saturated carbocycles. The van der Waals surface area contributed by atoms with E-state index in [1.807, 2.05) is 6.92 Å². The van der Waals surface area contributed by atoms with Gasteiger partial charge in [-0.15, -0.1) is 0 Å². The molecule has 1 fully saturated rings. The lowest BCUT2D eigenvalue weighted by molar-refractivity contribution is -0.120. The second kappa shape index (κ2) is 3.86. The Hall–Kier alpha value is -0.620. The van der Waals surface area contributed by atoms with E-state index in [2.05, 4.69) is 10.6 Å². The van der Waals surface area contributed by atoms with Crippen LogP contribution in [0.1, 0.15) is 13.3 Å². The van der Waals surface area contributed by atoms with Crippen molar-refractivity contribution in [1.82, 2.24) is 10.6 Å². The molecule has 0 aromatic rings. The van der Waals surface area contributed by atoms with Crippen molar-refractivity contribution < 1.29 is 13.2 Å². The topological polar surface area (TPSA) is 75.3 Å². The molecule has 1 unspecified atom stereocenters. The van der Waals surface area contributed by atoms with Crippen LogP contribution in [0.25, 0.3) is 0 Å². The highest BCUT2D eigenvalue weighted by Crippen LogP contribution is 2.12. The van der Waals surface area contributed by atoms with Gasteiger partial charge in [-0.3, -0.25) is 4.79 Å². The van der Waals surface area contributed by atoms with E-state index < -0.39 is 21.5 Å². The molecule has 0 aromatic heterocycles. The number of carbonyl (C=O) groups is 1. The van der Waals surface area contributed by atoms with Crippen LogP contribution < -0.4 is 10.6 Å². The van der Waals surface area contributed by atoms with Gasteiger partial charge in [0.2, 0.25) is 5.91 Å². The smallest absolute Gasteiger partial charge is 0.235 e. The fourth-order valence-corrected chi connectivity index (χ4v) is 2.08. The van der Waals surface area contributed by atoms with Gasteiger partial charge in [0.05, 0.1) is 5.54 Å². The maximum atomic E-state index is 11.3. The predicted molar refractivity (Wildman–Crippen MR) is 53.7 cm³/mol. The summed E-state index contributed by atoms with van der Waals surface area (Å²) in [5.74, 6) is -0.846. The van der Waals surface area contributed by atoms with Gasteiger partial charge in [-0.1, -0.05) is 0 Å². The van der Waals surface area contributed by atoms with Crippen LogP contribution in [0.3, 0.4) is 0 Å². The molecule has 2 N–H and O–H groups in total. The lowest BCUT2D eigenvalue weighted by Gasteiger charge is -2.24. The lowest BCUT2D eigenvalue weighted by atomic mass is 10.0. The molecule has 0 aromatic carbocycles. The Morgan fingerprint density at radius 3 is 2.64 bits per heavy atom. The second-order valence-electron chi connectivity index (χ2n) is 4.11. The van der Waals surface area contributed by atoms with Crippen molar-refractivity contribution in [2.45, 2.75) is 18.9 Å². The number of rotatable bonds is 3. The molecule has 1 aliphatic rings. The van der Waals surface area contributed by atoms with E-state index in [1.165, 1.54) is 0 Å². The first-order chi connectivity index (χ1) is 6.31. The van der Waals surface area contributed by atoms with Crippen LogP contribution in [0.2, 0.25) is 0 Å². The number of hydrogen-bond donors (Lipinski definition) is 2. The van der Waals surface area contributed by atoms with E-state index in [4.69, 9.17) is 0 Å². The highest BCUT2D eigenvalue weighted by atomic mass is 32.2. The summed E-state index contributed by atoms with van der Waals surface area (Å²) in [5, 5.41) is 5.85. The average Bonchev–Trinajstić information content (AvgIpc) is 2.30. The van der Waals surface area contributed by atoms with Crippen LogP contribution in [-0.4, -0.2) is 45.0 Å². The number of nitrogens with one attached hydrogen (secondary N) is 2. The van der Waals surface area contributed by atoms with Gasteiger partial charge >= 0.3 is 0 Å². The van der Waals surface area contributed by atoms with Crippen molar-refractivity contribution in [2.75, 3.05) is 25.1 Å². The maximum Gasteiger partial charge on any atom is 0.235 e. The van der Waals surface area contributed by atoms with Crippen molar-refractivity contribution in [1.29, 1.82) is 0 Å². The second-order valence-corrected chi connectivity index (χ2v) is 6.25. The van der Waals surface area contributed by atoms with Crippen molar-refractivity contribution >= 4 is 15.7 Å². The minimum atomic E-state index is -3.22. The third-order valence-corrected chi connectivity index (χ3v) is 2.99. The molecular weight excluding hydrogens is 204 g/mol. The van der Waals surface area contributed by atoms with Crippen LogP contribution in [0.4, 0.5) is 0 Å². The fraction of sp³-hybridized carbons (Fsp3) is 0.875. The number of amides is 1. The Labute approximate surface area is 84.2 Å². The molecule has 82 valence electrons. The van der Waals surface area contributed by atoms with E-state index >= 15 is 0 Å². The summed E-state index contributed by atoms with van der Waals surface area (Å²) in [6.45, 7) is 3.46. The van der Waals surface area contributed by atoms with Crippen LogP contribution >= 0.6 is 0 Å². The summed E-state index contributed by atoms with van der Waals surface area (Å²) >= 11 is 0. The standard InChI is InChI=1S/C8H16N2O3S/c1-8(3-4-9-6-8)10-7(11)5-14(2,12)13/h9H,3-6H2,1-2H3,(H,10,11). The van der Waals surface area contributed by atoms with E-state index in [0.717, 1.165) is 19.2 Å². The molecule has 14 heavy (non-hydrogen) atoms. The molecule has 1 aliphatic heterocycles. The van der Waals surface area contributed by atoms with Crippen molar-refractivity contribution in [3.63, 3.8) is 0 Å². The Bertz CT molecular complexity index is 317. The third kappa shape index (κ3) is 3.63. The first kappa shape index (κ1) is 11.5. The van der Waals surface area contributed by atoms with E-state index in [-0.39, 0.29) is 5.54 Å². The summed E-state index contributed by atoms with van der Waals surface area (Å²) in [6, 6.07) is 0. The minimum absolute atomic E-state index is 0.290. The Balaban J connectivity index is 2.48. The zero-order valence-corrected chi connectivity index (χ0v) is 9.28. The summed E-state index contributed by atoms with van der Waals surface area (Å²) < 4.78 is 21.7. The zero-order chi connectivity index (χ0) is 10.8. The first-order valence-electron chi connectivity index (χ1n) is 4.50. The molecule has 1 heterocycles. The SMILES string of the molecule is CC1(NC(=O)CS(C)(=O)=O)CCNC1. The van der Waals surface area contributed by atoms with Gasteiger partial charge in [-0.25, -0.2) is 8.42 Å². The molecule has 1 saturated heterocycles. The van der Waals surface area contributed by atoms with Crippen LogP contribution in [0.15, 0.2) is 0 Å². The van der Waals surface area contributed by atoms with Crippen molar-refractivity contribution in [3.05, 3.63) is 0 Å². The van der Waals surface area contributed by atoms with E-state index in [1.54, 1.807) is 0 Å². The molecular formula is C8H16N2O3S. The van der Waals surface area contributed by atoms with Gasteiger partial charge in [0.1, 0.15) is 5.75 Å². The lowest BCUT2D eigenvalue weighted by Crippen LogP contribution is -2.49.